The van der Waals surface area contributed by atoms with E-state index in [4.69, 9.17) is 18.5 Å². The number of hydrogen-bond donors (Lipinski definition) is 6. The largest absolute Gasteiger partial charge is 0.472 e. The van der Waals surface area contributed by atoms with Crippen LogP contribution < -0.4 is 0 Å². The molecule has 0 aromatic rings. The third kappa shape index (κ3) is 35.4. The summed E-state index contributed by atoms with van der Waals surface area (Å²) in [6.45, 7) is 3.33. The quantitative estimate of drug-likeness (QED) is 0.0145. The summed E-state index contributed by atoms with van der Waals surface area (Å²) in [6, 6.07) is 0. The van der Waals surface area contributed by atoms with Gasteiger partial charge in [0, 0.05) is 12.8 Å². The molecule has 14 heteroatoms. The Bertz CT molecular complexity index is 1280. The molecule has 0 spiro atoms. The van der Waals surface area contributed by atoms with Crippen LogP contribution in [0.1, 0.15) is 251 Å². The van der Waals surface area contributed by atoms with Gasteiger partial charge < -0.3 is 39.9 Å². The molecular formula is C54H101O13P. The minimum absolute atomic E-state index is 0.0969. The van der Waals surface area contributed by atoms with Gasteiger partial charge in [0.05, 0.1) is 6.61 Å². The first kappa shape index (κ1) is 64.3. The summed E-state index contributed by atoms with van der Waals surface area (Å²) in [7, 11) is -5.12. The second-order valence-corrected chi connectivity index (χ2v) is 20.8. The lowest BCUT2D eigenvalue weighted by Crippen LogP contribution is -2.64. The van der Waals surface area contributed by atoms with E-state index in [0.29, 0.717) is 12.8 Å². The van der Waals surface area contributed by atoms with E-state index >= 15 is 0 Å². The van der Waals surface area contributed by atoms with Crippen molar-refractivity contribution in [1.82, 2.24) is 0 Å². The SMILES string of the molecule is CCCCCCCCC/C=C\CCCCCCCC(=O)OCC(COP(=O)(O)OC1C(O)C(O)C(O)C(O)C1O)OC(=O)CCCCCCCCCCCCC/C=C\CCCCCCCCCC. The minimum Gasteiger partial charge on any atom is -0.462 e. The maximum absolute atomic E-state index is 12.9. The van der Waals surface area contributed by atoms with Gasteiger partial charge in [0.1, 0.15) is 43.2 Å². The lowest BCUT2D eigenvalue weighted by Gasteiger charge is -2.41. The van der Waals surface area contributed by atoms with Gasteiger partial charge in [-0.3, -0.25) is 18.6 Å². The Hall–Kier alpha value is -1.67. The molecule has 68 heavy (non-hydrogen) atoms. The Morgan fingerprint density at radius 1 is 0.441 bits per heavy atom. The van der Waals surface area contributed by atoms with Gasteiger partial charge in [-0.1, -0.05) is 199 Å². The summed E-state index contributed by atoms with van der Waals surface area (Å²) in [5.41, 5.74) is 0. The first-order valence-electron chi connectivity index (χ1n) is 27.6. The van der Waals surface area contributed by atoms with Crippen LogP contribution in [0.15, 0.2) is 24.3 Å². The Balaban J connectivity index is 2.35. The van der Waals surface area contributed by atoms with Crippen LogP contribution >= 0.6 is 7.82 Å². The van der Waals surface area contributed by atoms with Gasteiger partial charge in [-0.25, -0.2) is 4.57 Å². The highest BCUT2D eigenvalue weighted by atomic mass is 31.2. The van der Waals surface area contributed by atoms with Crippen molar-refractivity contribution in [2.75, 3.05) is 13.2 Å². The number of rotatable bonds is 47. The molecule has 0 aliphatic heterocycles. The van der Waals surface area contributed by atoms with E-state index in [-0.39, 0.29) is 12.8 Å². The molecule has 6 N–H and O–H groups in total. The number of carbonyl (C=O) groups excluding carboxylic acids is 2. The van der Waals surface area contributed by atoms with Crippen molar-refractivity contribution in [2.24, 2.45) is 0 Å². The van der Waals surface area contributed by atoms with Gasteiger partial charge in [0.2, 0.25) is 0 Å². The summed E-state index contributed by atoms with van der Waals surface area (Å²) in [4.78, 5) is 35.9. The van der Waals surface area contributed by atoms with Crippen molar-refractivity contribution < 1.29 is 63.1 Å². The van der Waals surface area contributed by atoms with E-state index in [2.05, 4.69) is 38.2 Å². The number of hydrogen-bond acceptors (Lipinski definition) is 12. The van der Waals surface area contributed by atoms with E-state index in [1.54, 1.807) is 0 Å². The molecule has 400 valence electrons. The fourth-order valence-electron chi connectivity index (χ4n) is 8.57. The van der Waals surface area contributed by atoms with Crippen molar-refractivity contribution in [1.29, 1.82) is 0 Å². The zero-order chi connectivity index (χ0) is 49.9. The van der Waals surface area contributed by atoms with Gasteiger partial charge in [-0.05, 0) is 64.2 Å². The fourth-order valence-corrected chi connectivity index (χ4v) is 9.55. The summed E-state index contributed by atoms with van der Waals surface area (Å²) in [6.07, 6.45) is 38.0. The molecule has 0 heterocycles. The van der Waals surface area contributed by atoms with Gasteiger partial charge in [0.15, 0.2) is 6.10 Å². The molecule has 6 atom stereocenters. The van der Waals surface area contributed by atoms with Gasteiger partial charge in [0.25, 0.3) is 0 Å². The van der Waals surface area contributed by atoms with Crippen molar-refractivity contribution in [2.45, 2.75) is 294 Å². The highest BCUT2D eigenvalue weighted by molar-refractivity contribution is 7.47. The number of ether oxygens (including phenoxy) is 2. The maximum Gasteiger partial charge on any atom is 0.472 e. The van der Waals surface area contributed by atoms with Gasteiger partial charge in [-0.15, -0.1) is 0 Å². The topological polar surface area (TPSA) is 210 Å². The first-order valence-corrected chi connectivity index (χ1v) is 29.1. The number of carbonyl (C=O) groups is 2. The molecule has 1 aliphatic carbocycles. The molecule has 0 aromatic heterocycles. The minimum atomic E-state index is -5.12. The van der Waals surface area contributed by atoms with Crippen LogP contribution in [0.5, 0.6) is 0 Å². The highest BCUT2D eigenvalue weighted by Crippen LogP contribution is 2.47. The Labute approximate surface area is 413 Å². The number of aliphatic hydroxyl groups is 5. The van der Waals surface area contributed by atoms with Crippen LogP contribution in [0.25, 0.3) is 0 Å². The lowest BCUT2D eigenvalue weighted by molar-refractivity contribution is -0.220. The Kier molecular flexibility index (Phi) is 41.7. The fraction of sp³-hybridized carbons (Fsp3) is 0.889. The molecule has 1 rings (SSSR count). The molecule has 0 saturated heterocycles. The van der Waals surface area contributed by atoms with Crippen molar-refractivity contribution in [3.05, 3.63) is 24.3 Å². The molecule has 1 fully saturated rings. The predicted molar refractivity (Wildman–Crippen MR) is 272 cm³/mol. The standard InChI is InChI=1S/C54H101O13P/c1-3-5-7-9-11-13-15-17-19-21-22-23-24-25-26-27-29-31-33-35-37-39-41-43-48(56)66-46(45-65-68(62,63)67-54-52(60)50(58)49(57)51(59)53(54)61)44-64-47(55)42-40-38-36-34-32-30-28-20-18-16-14-12-10-8-6-4-2/h20-22,28,46,49-54,57-61H,3-19,23-27,29-45H2,1-2H3,(H,62,63)/b22-21-,28-20-. The van der Waals surface area contributed by atoms with Crippen LogP contribution in [0, 0.1) is 0 Å². The third-order valence-corrected chi connectivity index (χ3v) is 14.0. The second kappa shape index (κ2) is 44.1. The molecule has 0 bridgehead atoms. The second-order valence-electron chi connectivity index (χ2n) is 19.4. The zero-order valence-corrected chi connectivity index (χ0v) is 43.8. The molecule has 6 unspecified atom stereocenters. The molecule has 0 radical (unpaired) electrons. The highest BCUT2D eigenvalue weighted by Gasteiger charge is 2.51. The van der Waals surface area contributed by atoms with Crippen molar-refractivity contribution in [3.8, 4) is 0 Å². The van der Waals surface area contributed by atoms with E-state index in [1.807, 2.05) is 0 Å². The summed E-state index contributed by atoms with van der Waals surface area (Å²) in [5, 5.41) is 50.3. The van der Waals surface area contributed by atoms with E-state index in [9.17, 15) is 44.6 Å². The molecule has 13 nitrogen and oxygen atoms in total. The van der Waals surface area contributed by atoms with Gasteiger partial charge in [-0.2, -0.15) is 0 Å². The summed E-state index contributed by atoms with van der Waals surface area (Å²) in [5.74, 6) is -1.10. The number of unbranched alkanes of at least 4 members (excludes halogenated alkanes) is 31. The van der Waals surface area contributed by atoms with E-state index in [0.717, 1.165) is 64.2 Å². The van der Waals surface area contributed by atoms with Crippen LogP contribution in [-0.2, 0) is 32.7 Å². The average molecular weight is 989 g/mol. The Morgan fingerprint density at radius 2 is 0.750 bits per heavy atom. The van der Waals surface area contributed by atoms with Gasteiger partial charge >= 0.3 is 19.8 Å². The van der Waals surface area contributed by atoms with Crippen molar-refractivity contribution in [3.63, 3.8) is 0 Å². The van der Waals surface area contributed by atoms with Crippen molar-refractivity contribution >= 4 is 19.8 Å². The molecule has 0 amide bonds. The third-order valence-electron chi connectivity index (χ3n) is 13.0. The number of phosphoric ester groups is 1. The van der Waals surface area contributed by atoms with Crippen LogP contribution in [0.3, 0.4) is 0 Å². The predicted octanol–water partition coefficient (Wildman–Crippen LogP) is 12.3. The van der Waals surface area contributed by atoms with Crippen LogP contribution in [0.2, 0.25) is 0 Å². The van der Waals surface area contributed by atoms with E-state index < -0.39 is 75.7 Å². The number of phosphoric acid groups is 1. The molecule has 0 aromatic carbocycles. The molecule has 1 aliphatic rings. The first-order chi connectivity index (χ1) is 32.9. The summed E-state index contributed by atoms with van der Waals surface area (Å²) >= 11 is 0. The van der Waals surface area contributed by atoms with E-state index in [1.165, 1.54) is 148 Å². The molecular weight excluding hydrogens is 888 g/mol. The van der Waals surface area contributed by atoms with Crippen LogP contribution in [0.4, 0.5) is 0 Å². The Morgan fingerprint density at radius 3 is 1.12 bits per heavy atom. The zero-order valence-electron chi connectivity index (χ0n) is 42.9. The molecule has 1 saturated carbocycles. The number of allylic oxidation sites excluding steroid dienone is 4. The van der Waals surface area contributed by atoms with Crippen LogP contribution in [-0.4, -0.2) is 98.3 Å². The average Bonchev–Trinajstić information content (AvgIpc) is 3.32. The maximum atomic E-state index is 12.9. The smallest absolute Gasteiger partial charge is 0.462 e. The number of esters is 2. The summed E-state index contributed by atoms with van der Waals surface area (Å²) < 4.78 is 33.7. The lowest BCUT2D eigenvalue weighted by atomic mass is 9.85. The number of aliphatic hydroxyl groups excluding tert-OH is 5. The normalized spacial score (nSPS) is 21.1. The monoisotopic (exact) mass is 989 g/mol.